The van der Waals surface area contributed by atoms with E-state index in [0.29, 0.717) is 11.4 Å². The van der Waals surface area contributed by atoms with Gasteiger partial charge in [-0.3, -0.25) is 4.79 Å². The highest BCUT2D eigenvalue weighted by atomic mass is 35.5. The van der Waals surface area contributed by atoms with Crippen molar-refractivity contribution in [1.82, 2.24) is 14.8 Å². The molecule has 1 atom stereocenters. The van der Waals surface area contributed by atoms with Crippen molar-refractivity contribution in [1.29, 1.82) is 0 Å². The van der Waals surface area contributed by atoms with Crippen LogP contribution in [0.2, 0.25) is 5.02 Å². The van der Waals surface area contributed by atoms with Crippen LogP contribution in [0.1, 0.15) is 39.6 Å². The second kappa shape index (κ2) is 6.29. The van der Waals surface area contributed by atoms with Crippen molar-refractivity contribution in [3.05, 3.63) is 76.1 Å². The molecule has 0 amide bonds. The van der Waals surface area contributed by atoms with E-state index in [1.165, 1.54) is 0 Å². The maximum atomic E-state index is 12.9. The number of hydrogen-bond donors (Lipinski definition) is 0. The van der Waals surface area contributed by atoms with Crippen LogP contribution in [-0.2, 0) is 6.42 Å². The van der Waals surface area contributed by atoms with Gasteiger partial charge in [-0.15, -0.1) is 0 Å². The van der Waals surface area contributed by atoms with E-state index in [-0.39, 0.29) is 11.7 Å². The van der Waals surface area contributed by atoms with Crippen LogP contribution in [0.5, 0.6) is 0 Å². The Morgan fingerprint density at radius 2 is 1.89 bits per heavy atom. The van der Waals surface area contributed by atoms with Crippen molar-refractivity contribution < 1.29 is 4.79 Å². The number of hydrogen-bond acceptors (Lipinski definition) is 4. The fourth-order valence-corrected chi connectivity index (χ4v) is 4.91. The zero-order valence-electron chi connectivity index (χ0n) is 14.6. The summed E-state index contributed by atoms with van der Waals surface area (Å²) >= 11 is 7.62. The molecule has 0 N–H and O–H groups in total. The van der Waals surface area contributed by atoms with Gasteiger partial charge in [0.05, 0.1) is 27.2 Å². The fourth-order valence-electron chi connectivity index (χ4n) is 3.84. The van der Waals surface area contributed by atoms with Gasteiger partial charge in [0.25, 0.3) is 0 Å². The van der Waals surface area contributed by atoms with Gasteiger partial charge in [0.15, 0.2) is 5.78 Å². The van der Waals surface area contributed by atoms with Crippen molar-refractivity contribution in [2.24, 2.45) is 0 Å². The van der Waals surface area contributed by atoms with Crippen LogP contribution in [0.4, 0.5) is 0 Å². The van der Waals surface area contributed by atoms with Crippen molar-refractivity contribution in [3.63, 3.8) is 0 Å². The number of halogens is 1. The number of para-hydroxylation sites is 1. The minimum absolute atomic E-state index is 0.131. The van der Waals surface area contributed by atoms with Crippen LogP contribution < -0.4 is 0 Å². The number of nitrogens with zero attached hydrogens (tertiary/aromatic N) is 3. The molecule has 5 rings (SSSR count). The second-order valence-corrected chi connectivity index (χ2v) is 8.31. The summed E-state index contributed by atoms with van der Waals surface area (Å²) in [6.07, 6.45) is 1.26. The van der Waals surface area contributed by atoms with Gasteiger partial charge in [0.1, 0.15) is 0 Å². The van der Waals surface area contributed by atoms with E-state index in [1.54, 1.807) is 11.3 Å². The fraction of sp³-hybridized carbons (Fsp3) is 0.190. The topological polar surface area (TPSA) is 47.8 Å². The number of Topliss-reactive ketones (excluding diaryl/α,β-unsaturated/α-hetero) is 1. The van der Waals surface area contributed by atoms with Gasteiger partial charge in [-0.2, -0.15) is 5.10 Å². The molecule has 2 aromatic carbocycles. The van der Waals surface area contributed by atoms with Gasteiger partial charge in [0, 0.05) is 11.4 Å². The Bertz CT molecular complexity index is 1140. The third kappa shape index (κ3) is 2.78. The molecule has 4 aromatic rings. The predicted octanol–water partition coefficient (Wildman–Crippen LogP) is 5.36. The Balaban J connectivity index is 1.61. The first-order valence-corrected chi connectivity index (χ1v) is 10.0. The van der Waals surface area contributed by atoms with E-state index in [1.807, 2.05) is 54.1 Å². The van der Waals surface area contributed by atoms with Gasteiger partial charge in [0.2, 0.25) is 5.13 Å². The Kier molecular flexibility index (Phi) is 3.88. The van der Waals surface area contributed by atoms with Gasteiger partial charge < -0.3 is 0 Å². The average molecular weight is 394 g/mol. The number of ketones is 1. The van der Waals surface area contributed by atoms with Crippen LogP contribution in [-0.4, -0.2) is 20.5 Å². The van der Waals surface area contributed by atoms with E-state index in [9.17, 15) is 4.79 Å². The Labute approximate surface area is 165 Å². The van der Waals surface area contributed by atoms with Crippen molar-refractivity contribution >= 4 is 38.9 Å². The van der Waals surface area contributed by atoms with Crippen molar-refractivity contribution in [2.45, 2.75) is 25.7 Å². The number of carbonyl (C=O) groups is 1. The van der Waals surface area contributed by atoms with Gasteiger partial charge in [-0.1, -0.05) is 47.2 Å². The second-order valence-electron chi connectivity index (χ2n) is 6.86. The molecule has 6 heteroatoms. The SMILES string of the molecule is Cc1nn(-c2nc3ccccc3s2)c2c1C(=O)CC(c1ccc(Cl)cc1)C2. The molecule has 2 heterocycles. The molecule has 0 saturated heterocycles. The van der Waals surface area contributed by atoms with E-state index < -0.39 is 0 Å². The molecular formula is C21H16ClN3OS. The minimum atomic E-state index is 0.131. The maximum absolute atomic E-state index is 12.9. The smallest absolute Gasteiger partial charge is 0.211 e. The maximum Gasteiger partial charge on any atom is 0.211 e. The summed E-state index contributed by atoms with van der Waals surface area (Å²) in [6, 6.07) is 15.8. The summed E-state index contributed by atoms with van der Waals surface area (Å²) in [5.41, 5.74) is 4.59. The molecule has 1 aliphatic carbocycles. The molecule has 0 saturated carbocycles. The normalized spacial score (nSPS) is 16.7. The summed E-state index contributed by atoms with van der Waals surface area (Å²) in [5.74, 6) is 0.285. The largest absolute Gasteiger partial charge is 0.294 e. The monoisotopic (exact) mass is 393 g/mol. The number of benzene rings is 2. The first kappa shape index (κ1) is 16.7. The van der Waals surface area contributed by atoms with Crippen molar-refractivity contribution in [2.75, 3.05) is 0 Å². The Hall–Kier alpha value is -2.50. The van der Waals surface area contributed by atoms with Crippen LogP contribution in [0.15, 0.2) is 48.5 Å². The van der Waals surface area contributed by atoms with E-state index in [0.717, 1.165) is 44.3 Å². The molecular weight excluding hydrogens is 378 g/mol. The third-order valence-electron chi connectivity index (χ3n) is 5.11. The molecule has 1 aliphatic rings. The summed E-state index contributed by atoms with van der Waals surface area (Å²) in [4.78, 5) is 17.6. The molecule has 0 radical (unpaired) electrons. The summed E-state index contributed by atoms with van der Waals surface area (Å²) in [6.45, 7) is 1.91. The van der Waals surface area contributed by atoms with Crippen molar-refractivity contribution in [3.8, 4) is 5.13 Å². The highest BCUT2D eigenvalue weighted by molar-refractivity contribution is 7.20. The summed E-state index contributed by atoms with van der Waals surface area (Å²) in [7, 11) is 0. The van der Waals surface area contributed by atoms with E-state index in [4.69, 9.17) is 16.6 Å². The molecule has 4 nitrogen and oxygen atoms in total. The van der Waals surface area contributed by atoms with Crippen LogP contribution in [0.3, 0.4) is 0 Å². The number of aryl methyl sites for hydroxylation is 1. The van der Waals surface area contributed by atoms with E-state index in [2.05, 4.69) is 11.2 Å². The van der Waals surface area contributed by atoms with E-state index >= 15 is 0 Å². The molecule has 134 valence electrons. The zero-order valence-corrected chi connectivity index (χ0v) is 16.2. The lowest BCUT2D eigenvalue weighted by atomic mass is 9.81. The van der Waals surface area contributed by atoms with Crippen LogP contribution in [0, 0.1) is 6.92 Å². The number of fused-ring (bicyclic) bond motifs is 2. The van der Waals surface area contributed by atoms with Crippen LogP contribution >= 0.6 is 22.9 Å². The highest BCUT2D eigenvalue weighted by Gasteiger charge is 2.32. The minimum Gasteiger partial charge on any atom is -0.294 e. The first-order chi connectivity index (χ1) is 13.1. The third-order valence-corrected chi connectivity index (χ3v) is 6.38. The number of thiazole rings is 1. The zero-order chi connectivity index (χ0) is 18.5. The number of aromatic nitrogens is 3. The molecule has 2 aromatic heterocycles. The molecule has 0 bridgehead atoms. The quantitative estimate of drug-likeness (QED) is 0.460. The number of rotatable bonds is 2. The lowest BCUT2D eigenvalue weighted by Gasteiger charge is -2.22. The Morgan fingerprint density at radius 1 is 1.11 bits per heavy atom. The van der Waals surface area contributed by atoms with Gasteiger partial charge >= 0.3 is 0 Å². The molecule has 0 spiro atoms. The lowest BCUT2D eigenvalue weighted by molar-refractivity contribution is 0.0963. The summed E-state index contributed by atoms with van der Waals surface area (Å²) in [5, 5.41) is 6.19. The highest BCUT2D eigenvalue weighted by Crippen LogP contribution is 2.36. The molecule has 0 aliphatic heterocycles. The predicted molar refractivity (Wildman–Crippen MR) is 108 cm³/mol. The molecule has 1 unspecified atom stereocenters. The molecule has 0 fully saturated rings. The standard InChI is InChI=1S/C21H16ClN3OS/c1-12-20-17(10-14(11-18(20)26)13-6-8-15(22)9-7-13)25(24-12)21-23-16-4-2-3-5-19(16)27-21/h2-9,14H,10-11H2,1H3. The average Bonchev–Trinajstić information content (AvgIpc) is 3.23. The summed E-state index contributed by atoms with van der Waals surface area (Å²) < 4.78 is 2.99. The first-order valence-electron chi connectivity index (χ1n) is 8.83. The number of carbonyl (C=O) groups excluding carboxylic acids is 1. The lowest BCUT2D eigenvalue weighted by Crippen LogP contribution is -2.20. The van der Waals surface area contributed by atoms with Crippen LogP contribution in [0.25, 0.3) is 15.3 Å². The van der Waals surface area contributed by atoms with Gasteiger partial charge in [-0.25, -0.2) is 9.67 Å². The van der Waals surface area contributed by atoms with Gasteiger partial charge in [-0.05, 0) is 49.1 Å². The Morgan fingerprint density at radius 3 is 2.67 bits per heavy atom. The molecule has 27 heavy (non-hydrogen) atoms.